The SMILES string of the molecule is CC#CCn1c(N2CCC[C@@H](N)C2)nc2c1c(=O)n(C(C)c1ccc(C#N)cc1)c(=O)n2C. The van der Waals surface area contributed by atoms with Gasteiger partial charge in [0.2, 0.25) is 5.95 Å². The molecule has 1 saturated heterocycles. The van der Waals surface area contributed by atoms with Crippen molar-refractivity contribution in [2.24, 2.45) is 12.8 Å². The van der Waals surface area contributed by atoms with Crippen LogP contribution in [0.4, 0.5) is 5.95 Å². The number of nitrogens with zero attached hydrogens (tertiary/aromatic N) is 6. The molecule has 1 aliphatic heterocycles. The van der Waals surface area contributed by atoms with Gasteiger partial charge in [-0.3, -0.25) is 18.5 Å². The molecule has 0 bridgehead atoms. The Morgan fingerprint density at radius 3 is 2.64 bits per heavy atom. The molecule has 4 rings (SSSR count). The summed E-state index contributed by atoms with van der Waals surface area (Å²) in [5, 5.41) is 9.06. The highest BCUT2D eigenvalue weighted by atomic mass is 16.2. The summed E-state index contributed by atoms with van der Waals surface area (Å²) in [4.78, 5) is 33.8. The first-order chi connectivity index (χ1) is 15.9. The Morgan fingerprint density at radius 2 is 2.00 bits per heavy atom. The largest absolute Gasteiger partial charge is 0.341 e. The summed E-state index contributed by atoms with van der Waals surface area (Å²) < 4.78 is 4.46. The van der Waals surface area contributed by atoms with Crippen LogP contribution in [0.1, 0.15) is 43.9 Å². The Balaban J connectivity index is 1.94. The van der Waals surface area contributed by atoms with Crippen LogP contribution in [0.2, 0.25) is 0 Å². The van der Waals surface area contributed by atoms with Crippen LogP contribution in [0.3, 0.4) is 0 Å². The highest BCUT2D eigenvalue weighted by Crippen LogP contribution is 2.24. The van der Waals surface area contributed by atoms with E-state index in [1.54, 1.807) is 49.7 Å². The number of nitriles is 1. The zero-order chi connectivity index (χ0) is 23.7. The predicted octanol–water partition coefficient (Wildman–Crippen LogP) is 1.33. The first-order valence-corrected chi connectivity index (χ1v) is 11.0. The van der Waals surface area contributed by atoms with E-state index in [4.69, 9.17) is 16.0 Å². The standard InChI is InChI=1S/C24H27N7O2/c1-4-5-13-30-20-21(27-23(30)29-12-6-7-19(26)15-29)28(3)24(33)31(22(20)32)16(2)18-10-8-17(14-25)9-11-18/h8-11,16,19H,6-7,12-13,15,26H2,1-3H3/t16?,19-/m1/s1. The van der Waals surface area contributed by atoms with Gasteiger partial charge < -0.3 is 10.6 Å². The maximum Gasteiger partial charge on any atom is 0.333 e. The molecular weight excluding hydrogens is 418 g/mol. The van der Waals surface area contributed by atoms with Crippen LogP contribution in [0, 0.1) is 23.2 Å². The third-order valence-corrected chi connectivity index (χ3v) is 6.23. The van der Waals surface area contributed by atoms with Crippen LogP contribution < -0.4 is 21.9 Å². The summed E-state index contributed by atoms with van der Waals surface area (Å²) in [6, 6.07) is 8.47. The summed E-state index contributed by atoms with van der Waals surface area (Å²) in [5.74, 6) is 6.53. The fourth-order valence-corrected chi connectivity index (χ4v) is 4.39. The normalized spacial score (nSPS) is 16.8. The summed E-state index contributed by atoms with van der Waals surface area (Å²) >= 11 is 0. The van der Waals surface area contributed by atoms with Crippen molar-refractivity contribution in [1.82, 2.24) is 18.7 Å². The van der Waals surface area contributed by atoms with Crippen molar-refractivity contribution in [3.05, 3.63) is 56.2 Å². The fourth-order valence-electron chi connectivity index (χ4n) is 4.39. The lowest BCUT2D eigenvalue weighted by Crippen LogP contribution is -2.44. The molecule has 9 nitrogen and oxygen atoms in total. The van der Waals surface area contributed by atoms with Crippen LogP contribution in [-0.4, -0.2) is 37.8 Å². The zero-order valence-corrected chi connectivity index (χ0v) is 19.1. The van der Waals surface area contributed by atoms with Crippen LogP contribution in [-0.2, 0) is 13.6 Å². The lowest BCUT2D eigenvalue weighted by molar-refractivity contribution is 0.496. The monoisotopic (exact) mass is 445 g/mol. The van der Waals surface area contributed by atoms with Gasteiger partial charge in [-0.2, -0.15) is 10.2 Å². The topological polar surface area (TPSA) is 115 Å². The molecule has 0 spiro atoms. The zero-order valence-electron chi connectivity index (χ0n) is 19.1. The first kappa shape index (κ1) is 22.4. The molecule has 9 heteroatoms. The van der Waals surface area contributed by atoms with Crippen LogP contribution in [0.25, 0.3) is 11.2 Å². The van der Waals surface area contributed by atoms with E-state index in [1.807, 2.05) is 0 Å². The average molecular weight is 446 g/mol. The molecule has 1 fully saturated rings. The van der Waals surface area contributed by atoms with Crippen molar-refractivity contribution in [1.29, 1.82) is 5.26 Å². The maximum atomic E-state index is 13.7. The lowest BCUT2D eigenvalue weighted by Gasteiger charge is -2.31. The van der Waals surface area contributed by atoms with Crippen molar-refractivity contribution >= 4 is 17.1 Å². The number of benzene rings is 1. The Bertz CT molecular complexity index is 1410. The average Bonchev–Trinajstić information content (AvgIpc) is 3.21. The number of rotatable bonds is 4. The van der Waals surface area contributed by atoms with Gasteiger partial charge >= 0.3 is 5.69 Å². The molecule has 3 aromatic rings. The second-order valence-electron chi connectivity index (χ2n) is 8.37. The van der Waals surface area contributed by atoms with E-state index >= 15 is 0 Å². The molecule has 2 aromatic heterocycles. The molecular formula is C24H27N7O2. The van der Waals surface area contributed by atoms with Gasteiger partial charge in [0, 0.05) is 26.2 Å². The summed E-state index contributed by atoms with van der Waals surface area (Å²) in [6.45, 7) is 5.24. The van der Waals surface area contributed by atoms with E-state index in [0.29, 0.717) is 29.2 Å². The number of aryl methyl sites for hydroxylation is 1. The van der Waals surface area contributed by atoms with Gasteiger partial charge in [-0.15, -0.1) is 5.92 Å². The Morgan fingerprint density at radius 1 is 1.27 bits per heavy atom. The number of imidazole rings is 1. The number of hydrogen-bond acceptors (Lipinski definition) is 6. The van der Waals surface area contributed by atoms with Gasteiger partial charge in [-0.1, -0.05) is 18.1 Å². The van der Waals surface area contributed by atoms with Gasteiger partial charge in [0.15, 0.2) is 11.2 Å². The molecule has 3 heterocycles. The van der Waals surface area contributed by atoms with Crippen molar-refractivity contribution in [3.63, 3.8) is 0 Å². The van der Waals surface area contributed by atoms with Crippen molar-refractivity contribution in [2.75, 3.05) is 18.0 Å². The number of anilines is 1. The Labute approximate surface area is 191 Å². The smallest absolute Gasteiger partial charge is 0.333 e. The maximum absolute atomic E-state index is 13.7. The van der Waals surface area contributed by atoms with Gasteiger partial charge in [0.1, 0.15) is 0 Å². The number of piperidine rings is 1. The van der Waals surface area contributed by atoms with E-state index in [0.717, 1.165) is 24.9 Å². The van der Waals surface area contributed by atoms with Crippen molar-refractivity contribution < 1.29 is 0 Å². The van der Waals surface area contributed by atoms with Gasteiger partial charge in [0.05, 0.1) is 24.2 Å². The van der Waals surface area contributed by atoms with E-state index < -0.39 is 17.3 Å². The third-order valence-electron chi connectivity index (χ3n) is 6.23. The van der Waals surface area contributed by atoms with E-state index in [2.05, 4.69) is 22.8 Å². The molecule has 1 aromatic carbocycles. The molecule has 0 radical (unpaired) electrons. The van der Waals surface area contributed by atoms with Gasteiger partial charge in [-0.05, 0) is 44.4 Å². The summed E-state index contributed by atoms with van der Waals surface area (Å²) in [6.07, 6.45) is 1.88. The van der Waals surface area contributed by atoms with Crippen molar-refractivity contribution in [3.8, 4) is 17.9 Å². The highest BCUT2D eigenvalue weighted by Gasteiger charge is 2.27. The predicted molar refractivity (Wildman–Crippen MR) is 127 cm³/mol. The summed E-state index contributed by atoms with van der Waals surface area (Å²) in [7, 11) is 1.63. The molecule has 0 saturated carbocycles. The third kappa shape index (κ3) is 3.92. The van der Waals surface area contributed by atoms with Crippen LogP contribution in [0.15, 0.2) is 33.9 Å². The molecule has 2 atom stereocenters. The number of hydrogen-bond donors (Lipinski definition) is 1. The number of nitrogens with two attached hydrogens (primary N) is 1. The molecule has 1 aliphatic rings. The molecule has 33 heavy (non-hydrogen) atoms. The molecule has 170 valence electrons. The molecule has 1 unspecified atom stereocenters. The molecule has 0 aliphatic carbocycles. The number of fused-ring (bicyclic) bond motifs is 1. The minimum absolute atomic E-state index is 0.0288. The molecule has 2 N–H and O–H groups in total. The minimum atomic E-state index is -0.527. The highest BCUT2D eigenvalue weighted by molar-refractivity contribution is 5.75. The lowest BCUT2D eigenvalue weighted by atomic mass is 10.1. The van der Waals surface area contributed by atoms with E-state index in [-0.39, 0.29) is 12.6 Å². The van der Waals surface area contributed by atoms with Crippen molar-refractivity contribution in [2.45, 2.75) is 45.3 Å². The van der Waals surface area contributed by atoms with E-state index in [9.17, 15) is 9.59 Å². The second kappa shape index (κ2) is 8.97. The first-order valence-electron chi connectivity index (χ1n) is 11.0. The number of aromatic nitrogens is 4. The minimum Gasteiger partial charge on any atom is -0.341 e. The molecule has 0 amide bonds. The van der Waals surface area contributed by atoms with Crippen LogP contribution in [0.5, 0.6) is 0 Å². The fraction of sp³-hybridized carbons (Fsp3) is 0.417. The Hall–Kier alpha value is -3.82. The quantitative estimate of drug-likeness (QED) is 0.606. The Kier molecular flexibility index (Phi) is 6.08. The van der Waals surface area contributed by atoms with E-state index in [1.165, 1.54) is 9.13 Å². The van der Waals surface area contributed by atoms with Crippen LogP contribution >= 0.6 is 0 Å². The van der Waals surface area contributed by atoms with Gasteiger partial charge in [-0.25, -0.2) is 4.79 Å². The summed E-state index contributed by atoms with van der Waals surface area (Å²) in [5.41, 5.74) is 7.28. The second-order valence-corrected chi connectivity index (χ2v) is 8.37. The van der Waals surface area contributed by atoms with Gasteiger partial charge in [0.25, 0.3) is 5.56 Å².